The van der Waals surface area contributed by atoms with Crippen LogP contribution in [0.5, 0.6) is 0 Å². The van der Waals surface area contributed by atoms with Crippen LogP contribution in [-0.2, 0) is 6.42 Å². The van der Waals surface area contributed by atoms with Crippen molar-refractivity contribution in [1.82, 2.24) is 4.98 Å². The minimum Gasteiger partial charge on any atom is -0.385 e. The average molecular weight is 325 g/mol. The van der Waals surface area contributed by atoms with E-state index in [1.165, 1.54) is 6.07 Å². The normalized spacial score (nSPS) is 11.0. The number of fused-ring (bicyclic) bond motifs is 1. The molecule has 0 saturated carbocycles. The lowest BCUT2D eigenvalue weighted by molar-refractivity contribution is 0.622. The van der Waals surface area contributed by atoms with Gasteiger partial charge in [0.2, 0.25) is 0 Å². The van der Waals surface area contributed by atoms with Crippen molar-refractivity contribution < 1.29 is 4.39 Å². The van der Waals surface area contributed by atoms with Crippen LogP contribution >= 0.6 is 15.9 Å². The lowest BCUT2D eigenvalue weighted by atomic mass is 10.1. The van der Waals surface area contributed by atoms with Gasteiger partial charge in [-0.05, 0) is 53.9 Å². The van der Waals surface area contributed by atoms with Crippen molar-refractivity contribution in [3.8, 4) is 0 Å². The van der Waals surface area contributed by atoms with Gasteiger partial charge >= 0.3 is 0 Å². The van der Waals surface area contributed by atoms with E-state index < -0.39 is 0 Å². The number of anilines is 1. The number of nitrogens with zero attached hydrogens (tertiary/aromatic N) is 1. The van der Waals surface area contributed by atoms with E-state index in [4.69, 9.17) is 0 Å². The summed E-state index contributed by atoms with van der Waals surface area (Å²) in [5, 5.41) is 4.14. The van der Waals surface area contributed by atoms with Crippen molar-refractivity contribution in [2.24, 2.45) is 0 Å². The van der Waals surface area contributed by atoms with E-state index in [-0.39, 0.29) is 5.82 Å². The molecule has 0 atom stereocenters. The molecule has 0 bridgehead atoms. The Labute approximate surface area is 121 Å². The zero-order chi connectivity index (χ0) is 14.0. The third-order valence-corrected chi connectivity index (χ3v) is 3.87. The predicted molar refractivity (Wildman–Crippen MR) is 82.3 cm³/mol. The van der Waals surface area contributed by atoms with E-state index in [0.29, 0.717) is 4.47 Å². The summed E-state index contributed by atoms with van der Waals surface area (Å²) in [4.78, 5) is 4.67. The van der Waals surface area contributed by atoms with Crippen molar-refractivity contribution in [3.63, 3.8) is 0 Å². The highest BCUT2D eigenvalue weighted by molar-refractivity contribution is 9.10. The topological polar surface area (TPSA) is 24.9 Å². The van der Waals surface area contributed by atoms with Crippen LogP contribution in [0.1, 0.15) is 31.5 Å². The van der Waals surface area contributed by atoms with Gasteiger partial charge in [-0.1, -0.05) is 13.3 Å². The van der Waals surface area contributed by atoms with Crippen molar-refractivity contribution in [1.29, 1.82) is 0 Å². The van der Waals surface area contributed by atoms with Gasteiger partial charge in [-0.15, -0.1) is 0 Å². The van der Waals surface area contributed by atoms with E-state index in [9.17, 15) is 4.39 Å². The lowest BCUT2D eigenvalue weighted by Crippen LogP contribution is -2.03. The number of pyridine rings is 1. The maximum absolute atomic E-state index is 13.9. The van der Waals surface area contributed by atoms with Crippen molar-refractivity contribution in [2.45, 2.75) is 33.6 Å². The van der Waals surface area contributed by atoms with E-state index in [0.717, 1.165) is 47.2 Å². The summed E-state index contributed by atoms with van der Waals surface area (Å²) in [6.45, 7) is 6.86. The highest BCUT2D eigenvalue weighted by Crippen LogP contribution is 2.34. The van der Waals surface area contributed by atoms with Gasteiger partial charge in [-0.2, -0.15) is 0 Å². The van der Waals surface area contributed by atoms with Crippen molar-refractivity contribution >= 4 is 32.5 Å². The summed E-state index contributed by atoms with van der Waals surface area (Å²) >= 11 is 3.34. The third-order valence-electron chi connectivity index (χ3n) is 3.09. The predicted octanol–water partition coefficient (Wildman–Crippen LogP) is 4.83. The number of aryl methyl sites for hydroxylation is 2. The number of nitrogens with one attached hydrogen (secondary N) is 1. The number of halogens is 2. The van der Waals surface area contributed by atoms with E-state index in [1.54, 1.807) is 0 Å². The van der Waals surface area contributed by atoms with Gasteiger partial charge in [-0.25, -0.2) is 4.39 Å². The fourth-order valence-electron chi connectivity index (χ4n) is 2.26. The molecule has 0 aliphatic carbocycles. The van der Waals surface area contributed by atoms with Crippen LogP contribution in [0.3, 0.4) is 0 Å². The van der Waals surface area contributed by atoms with Gasteiger partial charge in [-0.3, -0.25) is 4.98 Å². The first-order valence-corrected chi connectivity index (χ1v) is 7.39. The number of rotatable bonds is 4. The molecule has 1 aromatic heterocycles. The fourth-order valence-corrected chi connectivity index (χ4v) is 2.78. The van der Waals surface area contributed by atoms with Gasteiger partial charge < -0.3 is 5.32 Å². The Hall–Kier alpha value is -1.16. The summed E-state index contributed by atoms with van der Waals surface area (Å²) < 4.78 is 14.4. The van der Waals surface area contributed by atoms with Crippen molar-refractivity contribution in [2.75, 3.05) is 11.9 Å². The Kier molecular flexibility index (Phi) is 4.40. The van der Waals surface area contributed by atoms with Crippen LogP contribution < -0.4 is 5.32 Å². The molecule has 2 aromatic rings. The van der Waals surface area contributed by atoms with Crippen LogP contribution in [0.15, 0.2) is 16.6 Å². The molecule has 102 valence electrons. The van der Waals surface area contributed by atoms with Gasteiger partial charge in [0, 0.05) is 23.3 Å². The standard InChI is InChI=1S/C15H18BrFN2/c1-4-6-10-8-12(18-5-2)13-14(16)11(17)7-9(3)15(13)19-10/h7-8H,4-6H2,1-3H3,(H,18,19). The minimum absolute atomic E-state index is 0.241. The van der Waals surface area contributed by atoms with E-state index in [2.05, 4.69) is 33.2 Å². The zero-order valence-corrected chi connectivity index (χ0v) is 13.1. The van der Waals surface area contributed by atoms with Gasteiger partial charge in [0.1, 0.15) is 5.82 Å². The molecule has 0 radical (unpaired) electrons. The van der Waals surface area contributed by atoms with Crippen molar-refractivity contribution in [3.05, 3.63) is 33.7 Å². The molecule has 19 heavy (non-hydrogen) atoms. The Morgan fingerprint density at radius 3 is 2.68 bits per heavy atom. The fraction of sp³-hybridized carbons (Fsp3) is 0.400. The SMILES string of the molecule is CCCc1cc(NCC)c2c(Br)c(F)cc(C)c2n1. The van der Waals surface area contributed by atoms with Gasteiger partial charge in [0.05, 0.1) is 9.99 Å². The number of hydrogen-bond acceptors (Lipinski definition) is 2. The molecule has 2 rings (SSSR count). The largest absolute Gasteiger partial charge is 0.385 e. The molecule has 1 aromatic carbocycles. The van der Waals surface area contributed by atoms with Crippen LogP contribution in [-0.4, -0.2) is 11.5 Å². The number of benzene rings is 1. The molecule has 0 aliphatic heterocycles. The molecular formula is C15H18BrFN2. The zero-order valence-electron chi connectivity index (χ0n) is 11.5. The summed E-state index contributed by atoms with van der Waals surface area (Å²) in [6.07, 6.45) is 1.98. The Morgan fingerprint density at radius 2 is 2.05 bits per heavy atom. The van der Waals surface area contributed by atoms with Crippen LogP contribution in [0.4, 0.5) is 10.1 Å². The first-order valence-electron chi connectivity index (χ1n) is 6.60. The molecule has 4 heteroatoms. The molecule has 0 amide bonds. The minimum atomic E-state index is -0.241. The third kappa shape index (κ3) is 2.73. The summed E-state index contributed by atoms with van der Waals surface area (Å²) in [5.74, 6) is -0.241. The molecule has 0 fully saturated rings. The smallest absolute Gasteiger partial charge is 0.138 e. The van der Waals surface area contributed by atoms with Gasteiger partial charge in [0.25, 0.3) is 0 Å². The van der Waals surface area contributed by atoms with E-state index in [1.807, 2.05) is 19.9 Å². The lowest BCUT2D eigenvalue weighted by Gasteiger charge is -2.14. The monoisotopic (exact) mass is 324 g/mol. The molecule has 1 heterocycles. The Bertz CT molecular complexity index is 611. The number of aromatic nitrogens is 1. The van der Waals surface area contributed by atoms with Crippen LogP contribution in [0, 0.1) is 12.7 Å². The molecule has 0 saturated heterocycles. The highest BCUT2D eigenvalue weighted by atomic mass is 79.9. The molecule has 2 nitrogen and oxygen atoms in total. The van der Waals surface area contributed by atoms with Crippen LogP contribution in [0.25, 0.3) is 10.9 Å². The summed E-state index contributed by atoms with van der Waals surface area (Å²) in [7, 11) is 0. The summed E-state index contributed by atoms with van der Waals surface area (Å²) in [5.41, 5.74) is 3.74. The second kappa shape index (κ2) is 5.87. The highest BCUT2D eigenvalue weighted by Gasteiger charge is 2.14. The molecule has 1 N–H and O–H groups in total. The maximum Gasteiger partial charge on any atom is 0.138 e. The quantitative estimate of drug-likeness (QED) is 0.871. The summed E-state index contributed by atoms with van der Waals surface area (Å²) in [6, 6.07) is 3.56. The molecule has 0 aliphatic rings. The van der Waals surface area contributed by atoms with E-state index >= 15 is 0 Å². The maximum atomic E-state index is 13.9. The Morgan fingerprint density at radius 1 is 1.32 bits per heavy atom. The molecule has 0 spiro atoms. The van der Waals surface area contributed by atoms with Crippen LogP contribution in [0.2, 0.25) is 0 Å². The molecule has 0 unspecified atom stereocenters. The number of hydrogen-bond donors (Lipinski definition) is 1. The molecular weight excluding hydrogens is 307 g/mol. The first-order chi connectivity index (χ1) is 9.08. The Balaban J connectivity index is 2.78. The average Bonchev–Trinajstić information content (AvgIpc) is 2.36. The second-order valence-corrected chi connectivity index (χ2v) is 5.45. The second-order valence-electron chi connectivity index (χ2n) is 4.65. The first kappa shape index (κ1) is 14.3. The van der Waals surface area contributed by atoms with Gasteiger partial charge in [0.15, 0.2) is 0 Å².